The molecule has 17 nitrogen and oxygen atoms in total. The maximum absolute atomic E-state index is 13.1. The van der Waals surface area contributed by atoms with Gasteiger partial charge in [-0.15, -0.1) is 0 Å². The van der Waals surface area contributed by atoms with Gasteiger partial charge in [0.2, 0.25) is 0 Å². The minimum atomic E-state index is -4.96. The number of carbonyl (C=O) groups excluding carboxylic acids is 4. The number of phosphoric acid groups is 2. The molecular weight excluding hydrogens is 1330 g/mol. The Morgan fingerprint density at radius 2 is 0.471 bits per heavy atom. The molecule has 0 aromatic rings. The molecule has 0 heterocycles. The molecule has 0 amide bonds. The third-order valence-corrected chi connectivity index (χ3v) is 21.9. The number of ether oxygens (including phenoxy) is 4. The van der Waals surface area contributed by atoms with E-state index in [1.54, 1.807) is 0 Å². The zero-order valence-electron chi connectivity index (χ0n) is 67.2. The minimum absolute atomic E-state index is 0.107. The second-order valence-corrected chi connectivity index (χ2v) is 34.2. The molecule has 7 atom stereocenters. The molecule has 102 heavy (non-hydrogen) atoms. The van der Waals surface area contributed by atoms with E-state index in [0.717, 1.165) is 120 Å². The summed E-state index contributed by atoms with van der Waals surface area (Å²) in [6.07, 6.45) is 60.1. The first-order chi connectivity index (χ1) is 49.2. The maximum Gasteiger partial charge on any atom is 0.472 e. The second-order valence-electron chi connectivity index (χ2n) is 31.3. The van der Waals surface area contributed by atoms with Crippen molar-refractivity contribution in [1.29, 1.82) is 0 Å². The summed E-state index contributed by atoms with van der Waals surface area (Å²) in [5.74, 6) is 0.984. The molecule has 0 aliphatic rings. The van der Waals surface area contributed by atoms with Gasteiger partial charge in [-0.1, -0.05) is 376 Å². The van der Waals surface area contributed by atoms with Gasteiger partial charge < -0.3 is 33.8 Å². The lowest BCUT2D eigenvalue weighted by Gasteiger charge is -2.21. The largest absolute Gasteiger partial charge is 0.472 e. The van der Waals surface area contributed by atoms with Gasteiger partial charge in [-0.3, -0.25) is 37.3 Å². The van der Waals surface area contributed by atoms with Gasteiger partial charge in [0.15, 0.2) is 12.2 Å². The van der Waals surface area contributed by atoms with Crippen LogP contribution in [-0.4, -0.2) is 96.7 Å². The van der Waals surface area contributed by atoms with Gasteiger partial charge >= 0.3 is 39.5 Å². The van der Waals surface area contributed by atoms with E-state index >= 15 is 0 Å². The lowest BCUT2D eigenvalue weighted by molar-refractivity contribution is -0.161. The van der Waals surface area contributed by atoms with Crippen LogP contribution in [0.1, 0.15) is 428 Å². The zero-order valence-corrected chi connectivity index (χ0v) is 69.0. The summed E-state index contributed by atoms with van der Waals surface area (Å²) in [5, 5.41) is 10.6. The highest BCUT2D eigenvalue weighted by Crippen LogP contribution is 2.45. The highest BCUT2D eigenvalue weighted by Gasteiger charge is 2.30. The number of unbranched alkanes of at least 4 members (excludes halogenated alkanes) is 44. The van der Waals surface area contributed by atoms with E-state index in [1.165, 1.54) is 218 Å². The average molecular weight is 1490 g/mol. The number of carbonyl (C=O) groups is 4. The van der Waals surface area contributed by atoms with Crippen molar-refractivity contribution in [2.75, 3.05) is 39.6 Å². The fourth-order valence-corrected chi connectivity index (χ4v) is 14.3. The molecule has 0 aromatic carbocycles. The highest BCUT2D eigenvalue weighted by molar-refractivity contribution is 7.47. The van der Waals surface area contributed by atoms with E-state index in [1.807, 2.05) is 0 Å². The predicted molar refractivity (Wildman–Crippen MR) is 418 cm³/mol. The topological polar surface area (TPSA) is 237 Å². The Labute approximate surface area is 626 Å². The normalized spacial score (nSPS) is 14.5. The predicted octanol–water partition coefficient (Wildman–Crippen LogP) is 24.8. The quantitative estimate of drug-likeness (QED) is 0.0222. The molecule has 3 N–H and O–H groups in total. The number of phosphoric ester groups is 2. The Bertz CT molecular complexity index is 1990. The van der Waals surface area contributed by atoms with Crippen molar-refractivity contribution in [2.45, 2.75) is 446 Å². The van der Waals surface area contributed by atoms with E-state index in [2.05, 4.69) is 55.4 Å². The Hall–Kier alpha value is -1.94. The first-order valence-electron chi connectivity index (χ1n) is 42.8. The van der Waals surface area contributed by atoms with Gasteiger partial charge in [-0.2, -0.15) is 0 Å². The molecule has 606 valence electrons. The first kappa shape index (κ1) is 100. The molecule has 0 fully saturated rings. The Balaban J connectivity index is 5.12. The van der Waals surface area contributed by atoms with Crippen LogP contribution < -0.4 is 0 Å². The molecule has 0 saturated heterocycles. The Morgan fingerprint density at radius 1 is 0.275 bits per heavy atom. The van der Waals surface area contributed by atoms with E-state index in [4.69, 9.17) is 37.0 Å². The summed E-state index contributed by atoms with van der Waals surface area (Å²) in [5.41, 5.74) is 0. The van der Waals surface area contributed by atoms with Crippen LogP contribution in [0.25, 0.3) is 0 Å². The summed E-state index contributed by atoms with van der Waals surface area (Å²) in [7, 11) is -9.92. The summed E-state index contributed by atoms with van der Waals surface area (Å²) in [6, 6.07) is 0. The zero-order chi connectivity index (χ0) is 75.3. The standard InChI is InChI=1S/C83H162O17P2/c1-9-75(7)61-53-45-36-32-28-24-20-16-12-14-18-22-26-30-34-38-49-57-65-82(87)99-78(69-93-80(85)63-55-47-41-39-44-52-60-74(5)6)71-97-101(89,90)95-67-77(84)68-96-102(91,92)98-72-79(70-94-81(86)64-56-48-42-40-46-54-62-76(8)10-2)100-83(88)66-58-50-37-33-29-25-21-17-13-11-15-19-23-27-31-35-43-51-59-73(3)4/h73-79,84H,9-72H2,1-8H3,(H,89,90)(H,91,92)/t75?,76?,77-,78-,79-/m1/s1. The van der Waals surface area contributed by atoms with E-state index in [0.29, 0.717) is 31.6 Å². The number of aliphatic hydroxyl groups is 1. The monoisotopic (exact) mass is 1490 g/mol. The van der Waals surface area contributed by atoms with Crippen LogP contribution in [0.2, 0.25) is 0 Å². The number of aliphatic hydroxyl groups excluding tert-OH is 1. The maximum atomic E-state index is 13.1. The lowest BCUT2D eigenvalue weighted by Crippen LogP contribution is -2.30. The van der Waals surface area contributed by atoms with Gasteiger partial charge in [0, 0.05) is 25.7 Å². The average Bonchev–Trinajstić information content (AvgIpc) is 0.917. The van der Waals surface area contributed by atoms with Gasteiger partial charge in [0.25, 0.3) is 0 Å². The Kier molecular flexibility index (Phi) is 70.6. The van der Waals surface area contributed by atoms with Crippen LogP contribution in [0.15, 0.2) is 0 Å². The third kappa shape index (κ3) is 73.6. The van der Waals surface area contributed by atoms with Crippen molar-refractivity contribution in [2.24, 2.45) is 23.7 Å². The summed E-state index contributed by atoms with van der Waals surface area (Å²) < 4.78 is 68.7. The minimum Gasteiger partial charge on any atom is -0.462 e. The molecule has 0 aliphatic carbocycles. The van der Waals surface area contributed by atoms with Gasteiger partial charge in [-0.25, -0.2) is 9.13 Å². The van der Waals surface area contributed by atoms with Gasteiger partial charge in [0.1, 0.15) is 19.3 Å². The van der Waals surface area contributed by atoms with Crippen molar-refractivity contribution >= 4 is 39.5 Å². The molecule has 0 saturated carbocycles. The van der Waals surface area contributed by atoms with Crippen molar-refractivity contribution in [1.82, 2.24) is 0 Å². The van der Waals surface area contributed by atoms with Crippen LogP contribution >= 0.6 is 15.6 Å². The number of esters is 4. The molecule has 0 aliphatic heterocycles. The van der Waals surface area contributed by atoms with Crippen LogP contribution in [0.3, 0.4) is 0 Å². The number of hydrogen-bond acceptors (Lipinski definition) is 15. The van der Waals surface area contributed by atoms with Gasteiger partial charge in [0.05, 0.1) is 26.4 Å². The van der Waals surface area contributed by atoms with E-state index in [-0.39, 0.29) is 25.7 Å². The fourth-order valence-electron chi connectivity index (χ4n) is 12.7. The van der Waals surface area contributed by atoms with Crippen molar-refractivity contribution in [3.8, 4) is 0 Å². The number of hydrogen-bond donors (Lipinski definition) is 3. The van der Waals surface area contributed by atoms with Crippen LogP contribution in [0.4, 0.5) is 0 Å². The van der Waals surface area contributed by atoms with E-state index < -0.39 is 97.5 Å². The molecule has 0 radical (unpaired) electrons. The molecule has 4 unspecified atom stereocenters. The first-order valence-corrected chi connectivity index (χ1v) is 45.8. The van der Waals surface area contributed by atoms with Crippen LogP contribution in [0.5, 0.6) is 0 Å². The third-order valence-electron chi connectivity index (χ3n) is 20.0. The lowest BCUT2D eigenvalue weighted by atomic mass is 9.99. The molecular formula is C83H162O17P2. The molecule has 0 rings (SSSR count). The highest BCUT2D eigenvalue weighted by atomic mass is 31.2. The smallest absolute Gasteiger partial charge is 0.462 e. The second kappa shape index (κ2) is 72.0. The molecule has 19 heteroatoms. The molecule has 0 bridgehead atoms. The van der Waals surface area contributed by atoms with Crippen molar-refractivity contribution < 1.29 is 80.2 Å². The summed E-state index contributed by atoms with van der Waals surface area (Å²) in [6.45, 7) is 14.2. The van der Waals surface area contributed by atoms with Gasteiger partial charge in [-0.05, 0) is 49.4 Å². The number of rotatable bonds is 80. The fraction of sp³-hybridized carbons (Fsp3) is 0.952. The van der Waals surface area contributed by atoms with Crippen LogP contribution in [-0.2, 0) is 65.4 Å². The Morgan fingerprint density at radius 3 is 0.696 bits per heavy atom. The van der Waals surface area contributed by atoms with Crippen molar-refractivity contribution in [3.63, 3.8) is 0 Å². The summed E-state index contributed by atoms with van der Waals surface area (Å²) in [4.78, 5) is 73.0. The van der Waals surface area contributed by atoms with E-state index in [9.17, 15) is 43.2 Å². The van der Waals surface area contributed by atoms with Crippen molar-refractivity contribution in [3.05, 3.63) is 0 Å². The molecule has 0 spiro atoms. The molecule has 0 aromatic heterocycles. The van der Waals surface area contributed by atoms with Crippen LogP contribution in [0, 0.1) is 23.7 Å². The SMILES string of the molecule is CCC(C)CCCCCCCCCCCCCCCCCCCCC(=O)O[C@H](COC(=O)CCCCCCCCC(C)C)COP(=O)(O)OC[C@@H](O)COP(=O)(O)OC[C@@H](COC(=O)CCCCCCCCC(C)CC)OC(=O)CCCCCCCCCCCCCCCCCCCCC(C)C. The summed E-state index contributed by atoms with van der Waals surface area (Å²) >= 11 is 0.